The lowest BCUT2D eigenvalue weighted by atomic mass is 10.3. The molecule has 4 N–H and O–H groups in total. The standard InChI is InChI=1S/C11H11BrFN7O4S/c1-25(22,23)15-5-14-17-11-9(19-24-20-11)10(18-21)16-6-2-3-8(13)7(12)4-6/h2-5,21H,1H3,(H,14,15)(H,16,18)(H,17,20). The summed E-state index contributed by atoms with van der Waals surface area (Å²) in [6.07, 6.45) is 1.82. The van der Waals surface area contributed by atoms with Gasteiger partial charge in [-0.05, 0) is 44.4 Å². The normalized spacial score (nSPS) is 12.4. The topological polar surface area (TPSA) is 154 Å². The summed E-state index contributed by atoms with van der Waals surface area (Å²) < 4.78 is 41.8. The molecule has 0 saturated carbocycles. The Kier molecular flexibility index (Phi) is 5.87. The maximum atomic E-state index is 13.2. The van der Waals surface area contributed by atoms with Crippen LogP contribution in [0.2, 0.25) is 0 Å². The van der Waals surface area contributed by atoms with Gasteiger partial charge in [-0.3, -0.25) is 10.1 Å². The van der Waals surface area contributed by atoms with Crippen molar-refractivity contribution < 1.29 is 22.6 Å². The SMILES string of the molecule is CS(=O)(=O)NC=NNc1nonc1C(=NO)Nc1ccc(F)c(Br)c1. The fourth-order valence-corrected chi connectivity index (χ4v) is 2.10. The maximum absolute atomic E-state index is 13.2. The molecule has 1 aromatic heterocycles. The van der Waals surface area contributed by atoms with Gasteiger partial charge in [0.15, 0.2) is 5.69 Å². The van der Waals surface area contributed by atoms with Crippen LogP contribution in [0.3, 0.4) is 0 Å². The van der Waals surface area contributed by atoms with E-state index in [1.807, 2.05) is 4.72 Å². The monoisotopic (exact) mass is 435 g/mol. The molecule has 1 heterocycles. The van der Waals surface area contributed by atoms with E-state index in [0.717, 1.165) is 12.6 Å². The smallest absolute Gasteiger partial charge is 0.230 e. The van der Waals surface area contributed by atoms with Crippen LogP contribution in [0.15, 0.2) is 37.6 Å². The molecular weight excluding hydrogens is 425 g/mol. The van der Waals surface area contributed by atoms with Gasteiger partial charge in [-0.25, -0.2) is 17.4 Å². The molecule has 25 heavy (non-hydrogen) atoms. The number of oxime groups is 1. The fraction of sp³-hybridized carbons (Fsp3) is 0.0909. The van der Waals surface area contributed by atoms with Crippen molar-refractivity contribution in [2.45, 2.75) is 0 Å². The van der Waals surface area contributed by atoms with Gasteiger partial charge in [-0.1, -0.05) is 5.16 Å². The van der Waals surface area contributed by atoms with Crippen molar-refractivity contribution in [1.82, 2.24) is 15.0 Å². The number of hydrogen-bond acceptors (Lipinski definition) is 9. The summed E-state index contributed by atoms with van der Waals surface area (Å²) in [4.78, 5) is 0. The first kappa shape index (κ1) is 18.6. The quantitative estimate of drug-likeness (QED) is 0.227. The average Bonchev–Trinajstić information content (AvgIpc) is 3.00. The molecule has 0 aliphatic rings. The highest BCUT2D eigenvalue weighted by Gasteiger charge is 2.18. The van der Waals surface area contributed by atoms with Crippen LogP contribution in [0, 0.1) is 5.82 Å². The number of nitrogens with zero attached hydrogens (tertiary/aromatic N) is 4. The zero-order valence-electron chi connectivity index (χ0n) is 12.4. The van der Waals surface area contributed by atoms with Crippen molar-refractivity contribution in [2.24, 2.45) is 10.3 Å². The third-order valence-electron chi connectivity index (χ3n) is 2.50. The highest BCUT2D eigenvalue weighted by atomic mass is 79.9. The Hall–Kier alpha value is -2.74. The minimum atomic E-state index is -3.45. The second kappa shape index (κ2) is 7.89. The fourth-order valence-electron chi connectivity index (χ4n) is 1.47. The molecule has 11 nitrogen and oxygen atoms in total. The van der Waals surface area contributed by atoms with E-state index >= 15 is 0 Å². The second-order valence-electron chi connectivity index (χ2n) is 4.42. The Morgan fingerprint density at radius 2 is 2.20 bits per heavy atom. The maximum Gasteiger partial charge on any atom is 0.230 e. The van der Waals surface area contributed by atoms with Crippen molar-refractivity contribution >= 4 is 49.6 Å². The van der Waals surface area contributed by atoms with E-state index in [9.17, 15) is 12.8 Å². The van der Waals surface area contributed by atoms with Gasteiger partial charge in [0.05, 0.1) is 10.7 Å². The highest BCUT2D eigenvalue weighted by molar-refractivity contribution is 9.10. The van der Waals surface area contributed by atoms with Gasteiger partial charge in [0.1, 0.15) is 12.2 Å². The summed E-state index contributed by atoms with van der Waals surface area (Å²) in [5.74, 6) is -0.701. The van der Waals surface area contributed by atoms with Crippen molar-refractivity contribution in [3.05, 3.63) is 34.2 Å². The van der Waals surface area contributed by atoms with E-state index in [4.69, 9.17) is 5.21 Å². The molecule has 134 valence electrons. The molecule has 0 spiro atoms. The molecule has 0 saturated heterocycles. The van der Waals surface area contributed by atoms with Gasteiger partial charge < -0.3 is 10.5 Å². The molecule has 0 amide bonds. The minimum absolute atomic E-state index is 0.0561. The van der Waals surface area contributed by atoms with E-state index in [-0.39, 0.29) is 21.8 Å². The summed E-state index contributed by atoms with van der Waals surface area (Å²) in [6, 6.07) is 4.01. The Morgan fingerprint density at radius 1 is 1.44 bits per heavy atom. The first-order valence-electron chi connectivity index (χ1n) is 6.32. The van der Waals surface area contributed by atoms with Gasteiger partial charge in [0.25, 0.3) is 0 Å². The van der Waals surface area contributed by atoms with Gasteiger partial charge in [0.2, 0.25) is 21.7 Å². The summed E-state index contributed by atoms with van der Waals surface area (Å²) in [5.41, 5.74) is 2.69. The van der Waals surface area contributed by atoms with Gasteiger partial charge in [0, 0.05) is 5.69 Å². The van der Waals surface area contributed by atoms with Gasteiger partial charge >= 0.3 is 0 Å². The number of aromatic nitrogens is 2. The van der Waals surface area contributed by atoms with Crippen LogP contribution in [-0.4, -0.2) is 42.4 Å². The number of amidine groups is 1. The van der Waals surface area contributed by atoms with E-state index < -0.39 is 15.8 Å². The number of benzene rings is 1. The number of anilines is 2. The molecule has 0 radical (unpaired) electrons. The zero-order chi connectivity index (χ0) is 18.4. The molecule has 1 aromatic carbocycles. The van der Waals surface area contributed by atoms with Crippen molar-refractivity contribution in [3.8, 4) is 0 Å². The van der Waals surface area contributed by atoms with E-state index in [1.165, 1.54) is 18.2 Å². The minimum Gasteiger partial charge on any atom is -0.409 e. The molecule has 0 aliphatic heterocycles. The van der Waals surface area contributed by atoms with Gasteiger partial charge in [-0.2, -0.15) is 5.10 Å². The predicted octanol–water partition coefficient (Wildman–Crippen LogP) is 1.12. The number of hydrazone groups is 1. The molecule has 14 heteroatoms. The first-order valence-corrected chi connectivity index (χ1v) is 9.00. The van der Waals surface area contributed by atoms with Crippen molar-refractivity contribution in [2.75, 3.05) is 17.0 Å². The Bertz CT molecular complexity index is 915. The molecule has 0 unspecified atom stereocenters. The Morgan fingerprint density at radius 3 is 2.84 bits per heavy atom. The number of rotatable bonds is 6. The largest absolute Gasteiger partial charge is 0.409 e. The molecule has 0 aliphatic carbocycles. The number of hydrogen-bond donors (Lipinski definition) is 4. The van der Waals surface area contributed by atoms with Crippen LogP contribution in [0.5, 0.6) is 0 Å². The van der Waals surface area contributed by atoms with Crippen LogP contribution >= 0.6 is 15.9 Å². The van der Waals surface area contributed by atoms with E-state index in [1.54, 1.807) is 0 Å². The Labute approximate surface area is 149 Å². The lowest BCUT2D eigenvalue weighted by molar-refractivity contribution is 0.305. The number of nitrogens with one attached hydrogen (secondary N) is 3. The number of halogens is 2. The molecule has 0 fully saturated rings. The molecular formula is C11H11BrFN7O4S. The van der Waals surface area contributed by atoms with Crippen LogP contribution in [-0.2, 0) is 10.0 Å². The summed E-state index contributed by atoms with van der Waals surface area (Å²) in [5, 5.41) is 25.5. The van der Waals surface area contributed by atoms with Crippen LogP contribution in [0.4, 0.5) is 15.9 Å². The second-order valence-corrected chi connectivity index (χ2v) is 7.06. The lowest BCUT2D eigenvalue weighted by Gasteiger charge is -2.07. The van der Waals surface area contributed by atoms with Crippen LogP contribution < -0.4 is 15.5 Å². The molecule has 0 bridgehead atoms. The molecule has 2 rings (SSSR count). The highest BCUT2D eigenvalue weighted by Crippen LogP contribution is 2.21. The Balaban J connectivity index is 2.14. The average molecular weight is 436 g/mol. The predicted molar refractivity (Wildman–Crippen MR) is 90.4 cm³/mol. The summed E-state index contributed by atoms with van der Waals surface area (Å²) in [7, 11) is -3.45. The van der Waals surface area contributed by atoms with Crippen molar-refractivity contribution in [3.63, 3.8) is 0 Å². The zero-order valence-corrected chi connectivity index (χ0v) is 14.8. The third kappa shape index (κ3) is 5.39. The van der Waals surface area contributed by atoms with Crippen LogP contribution in [0.1, 0.15) is 5.69 Å². The van der Waals surface area contributed by atoms with Crippen LogP contribution in [0.25, 0.3) is 0 Å². The number of sulfonamides is 1. The summed E-state index contributed by atoms with van der Waals surface area (Å²) in [6.45, 7) is 0. The summed E-state index contributed by atoms with van der Waals surface area (Å²) >= 11 is 3.03. The van der Waals surface area contributed by atoms with E-state index in [0.29, 0.717) is 5.69 Å². The first-order chi connectivity index (χ1) is 11.8. The third-order valence-corrected chi connectivity index (χ3v) is 3.64. The van der Waals surface area contributed by atoms with E-state index in [2.05, 4.69) is 51.9 Å². The lowest BCUT2D eigenvalue weighted by Crippen LogP contribution is -2.20. The van der Waals surface area contributed by atoms with Gasteiger partial charge in [-0.15, -0.1) is 0 Å². The molecule has 2 aromatic rings. The molecule has 0 atom stereocenters. The van der Waals surface area contributed by atoms with Crippen molar-refractivity contribution in [1.29, 1.82) is 0 Å².